The third-order valence-corrected chi connectivity index (χ3v) is 2.41. The molecule has 0 unspecified atom stereocenters. The number of benzene rings is 1. The number of hydrogen-bond donors (Lipinski definition) is 1. The molecule has 0 amide bonds. The molecule has 0 saturated heterocycles. The molecule has 0 aliphatic rings. The quantitative estimate of drug-likeness (QED) is 0.742. The van der Waals surface area contributed by atoms with Gasteiger partial charge in [-0.2, -0.15) is 0 Å². The van der Waals surface area contributed by atoms with Gasteiger partial charge in [-0.15, -0.1) is 0 Å². The second-order valence-electron chi connectivity index (χ2n) is 3.90. The monoisotopic (exact) mass is 192 g/mol. The molecule has 76 valence electrons. The number of rotatable bonds is 3. The largest absolute Gasteiger partial charge is 0.539 e. The minimum atomic E-state index is -0.262. The standard InChI is InChI=1S/C11H17BO2/c1-7(2)10-6-11(14-12-13)9(4)5-8(10)3/h5-7,12-13H,1-4H3. The van der Waals surface area contributed by atoms with Crippen LogP contribution in [0.25, 0.3) is 0 Å². The summed E-state index contributed by atoms with van der Waals surface area (Å²) in [4.78, 5) is 0. The first-order chi connectivity index (χ1) is 6.56. The van der Waals surface area contributed by atoms with Crippen LogP contribution in [-0.4, -0.2) is 12.7 Å². The van der Waals surface area contributed by atoms with E-state index < -0.39 is 0 Å². The number of hydrogen-bond acceptors (Lipinski definition) is 2. The van der Waals surface area contributed by atoms with Gasteiger partial charge in [0.1, 0.15) is 5.75 Å². The Balaban J connectivity index is 3.13. The van der Waals surface area contributed by atoms with Crippen molar-refractivity contribution in [3.8, 4) is 5.75 Å². The lowest BCUT2D eigenvalue weighted by Crippen LogP contribution is -2.03. The Kier molecular flexibility index (Phi) is 3.58. The van der Waals surface area contributed by atoms with E-state index in [0.717, 1.165) is 11.3 Å². The Morgan fingerprint density at radius 3 is 2.36 bits per heavy atom. The molecule has 1 aromatic rings. The molecule has 2 nitrogen and oxygen atoms in total. The van der Waals surface area contributed by atoms with Gasteiger partial charge in [-0.25, -0.2) is 0 Å². The highest BCUT2D eigenvalue weighted by Gasteiger charge is 2.08. The summed E-state index contributed by atoms with van der Waals surface area (Å²) in [6.07, 6.45) is 0. The van der Waals surface area contributed by atoms with Gasteiger partial charge in [-0.05, 0) is 42.5 Å². The fraction of sp³-hybridized carbons (Fsp3) is 0.455. The molecule has 0 heterocycles. The van der Waals surface area contributed by atoms with Crippen LogP contribution in [0.15, 0.2) is 12.1 Å². The Morgan fingerprint density at radius 2 is 1.86 bits per heavy atom. The predicted octanol–water partition coefficient (Wildman–Crippen LogP) is 2.06. The maximum absolute atomic E-state index is 8.72. The molecule has 0 atom stereocenters. The summed E-state index contributed by atoms with van der Waals surface area (Å²) >= 11 is 0. The average Bonchev–Trinajstić information content (AvgIpc) is 2.09. The SMILES string of the molecule is Cc1cc(C)c(C(C)C)cc1OBO. The van der Waals surface area contributed by atoms with Crippen LogP contribution in [0.4, 0.5) is 0 Å². The second-order valence-corrected chi connectivity index (χ2v) is 3.90. The fourth-order valence-corrected chi connectivity index (χ4v) is 1.70. The molecule has 0 bridgehead atoms. The van der Waals surface area contributed by atoms with E-state index in [1.165, 1.54) is 11.1 Å². The molecule has 14 heavy (non-hydrogen) atoms. The summed E-state index contributed by atoms with van der Waals surface area (Å²) in [7, 11) is -0.262. The zero-order valence-corrected chi connectivity index (χ0v) is 9.29. The first-order valence-electron chi connectivity index (χ1n) is 4.91. The average molecular weight is 192 g/mol. The zero-order valence-electron chi connectivity index (χ0n) is 9.29. The highest BCUT2D eigenvalue weighted by atomic mass is 16.5. The molecule has 1 N–H and O–H groups in total. The van der Waals surface area contributed by atoms with Gasteiger partial charge in [-0.3, -0.25) is 0 Å². The third kappa shape index (κ3) is 2.29. The lowest BCUT2D eigenvalue weighted by Gasteiger charge is -2.14. The third-order valence-electron chi connectivity index (χ3n) is 2.41. The molecule has 0 aliphatic heterocycles. The molecule has 0 radical (unpaired) electrons. The van der Waals surface area contributed by atoms with E-state index in [1.807, 2.05) is 13.0 Å². The molecule has 0 fully saturated rings. The molecular weight excluding hydrogens is 175 g/mol. The predicted molar refractivity (Wildman–Crippen MR) is 60.0 cm³/mol. The second kappa shape index (κ2) is 4.51. The lowest BCUT2D eigenvalue weighted by atomic mass is 9.96. The first-order valence-corrected chi connectivity index (χ1v) is 4.91. The Hall–Kier alpha value is -0.955. The molecule has 1 rings (SSSR count). The van der Waals surface area contributed by atoms with E-state index >= 15 is 0 Å². The minimum absolute atomic E-state index is 0.262. The van der Waals surface area contributed by atoms with Gasteiger partial charge < -0.3 is 9.68 Å². The Morgan fingerprint density at radius 1 is 1.21 bits per heavy atom. The Bertz CT molecular complexity index is 321. The summed E-state index contributed by atoms with van der Waals surface area (Å²) in [5.74, 6) is 1.26. The van der Waals surface area contributed by atoms with Crippen LogP contribution < -0.4 is 4.65 Å². The van der Waals surface area contributed by atoms with Gasteiger partial charge in [0.25, 0.3) is 0 Å². The van der Waals surface area contributed by atoms with Crippen LogP contribution in [-0.2, 0) is 0 Å². The van der Waals surface area contributed by atoms with Crippen LogP contribution in [0.5, 0.6) is 5.75 Å². The maximum atomic E-state index is 8.72. The topological polar surface area (TPSA) is 29.5 Å². The van der Waals surface area contributed by atoms with Gasteiger partial charge in [0.05, 0.1) is 0 Å². The van der Waals surface area contributed by atoms with Crippen molar-refractivity contribution in [1.29, 1.82) is 0 Å². The van der Waals surface area contributed by atoms with Gasteiger partial charge in [0, 0.05) is 0 Å². The highest BCUT2D eigenvalue weighted by molar-refractivity contribution is 6.17. The Labute approximate surface area is 86.2 Å². The first kappa shape index (κ1) is 11.1. The zero-order chi connectivity index (χ0) is 10.7. The van der Waals surface area contributed by atoms with Crippen molar-refractivity contribution in [3.05, 3.63) is 28.8 Å². The smallest absolute Gasteiger partial charge is 0.504 e. The van der Waals surface area contributed by atoms with Crippen molar-refractivity contribution in [2.75, 3.05) is 0 Å². The van der Waals surface area contributed by atoms with Gasteiger partial charge in [0.2, 0.25) is 0 Å². The van der Waals surface area contributed by atoms with Crippen molar-refractivity contribution in [1.82, 2.24) is 0 Å². The van der Waals surface area contributed by atoms with Gasteiger partial charge >= 0.3 is 7.69 Å². The summed E-state index contributed by atoms with van der Waals surface area (Å²) in [6.45, 7) is 8.40. The van der Waals surface area contributed by atoms with Crippen molar-refractivity contribution in [2.45, 2.75) is 33.6 Å². The van der Waals surface area contributed by atoms with Crippen LogP contribution in [0, 0.1) is 13.8 Å². The highest BCUT2D eigenvalue weighted by Crippen LogP contribution is 2.27. The summed E-state index contributed by atoms with van der Waals surface area (Å²) < 4.78 is 5.14. The minimum Gasteiger partial charge on any atom is -0.539 e. The molecule has 0 aromatic heterocycles. The molecule has 0 saturated carbocycles. The van der Waals surface area contributed by atoms with E-state index in [-0.39, 0.29) is 7.69 Å². The van der Waals surface area contributed by atoms with E-state index in [9.17, 15) is 0 Å². The van der Waals surface area contributed by atoms with Crippen molar-refractivity contribution in [3.63, 3.8) is 0 Å². The fourth-order valence-electron chi connectivity index (χ4n) is 1.70. The normalized spacial score (nSPS) is 10.4. The summed E-state index contributed by atoms with van der Waals surface area (Å²) in [5.41, 5.74) is 3.63. The summed E-state index contributed by atoms with van der Waals surface area (Å²) in [5, 5.41) is 8.72. The maximum Gasteiger partial charge on any atom is 0.504 e. The van der Waals surface area contributed by atoms with Gasteiger partial charge in [0.15, 0.2) is 0 Å². The van der Waals surface area contributed by atoms with Crippen LogP contribution in [0.3, 0.4) is 0 Å². The van der Waals surface area contributed by atoms with E-state index in [1.54, 1.807) is 0 Å². The van der Waals surface area contributed by atoms with E-state index in [2.05, 4.69) is 26.8 Å². The molecule has 1 aromatic carbocycles. The number of aryl methyl sites for hydroxylation is 2. The van der Waals surface area contributed by atoms with Crippen molar-refractivity contribution in [2.24, 2.45) is 0 Å². The van der Waals surface area contributed by atoms with Crippen LogP contribution in [0.1, 0.15) is 36.5 Å². The molecule has 0 spiro atoms. The lowest BCUT2D eigenvalue weighted by molar-refractivity contribution is 0.451. The van der Waals surface area contributed by atoms with Crippen molar-refractivity contribution >= 4 is 7.69 Å². The van der Waals surface area contributed by atoms with E-state index in [0.29, 0.717) is 5.92 Å². The molecule has 0 aliphatic carbocycles. The van der Waals surface area contributed by atoms with Crippen molar-refractivity contribution < 1.29 is 9.68 Å². The molecular formula is C11H17BO2. The van der Waals surface area contributed by atoms with Gasteiger partial charge in [-0.1, -0.05) is 19.9 Å². The molecule has 3 heteroatoms. The van der Waals surface area contributed by atoms with E-state index in [4.69, 9.17) is 9.68 Å². The summed E-state index contributed by atoms with van der Waals surface area (Å²) in [6, 6.07) is 4.12. The van der Waals surface area contributed by atoms with Crippen LogP contribution >= 0.6 is 0 Å². The van der Waals surface area contributed by atoms with Crippen LogP contribution in [0.2, 0.25) is 0 Å².